The number of halogens is 2. The molecule has 0 saturated carbocycles. The number of pyridine rings is 2. The Morgan fingerprint density at radius 3 is 2.54 bits per heavy atom. The summed E-state index contributed by atoms with van der Waals surface area (Å²) in [4.78, 5) is 29.8. The third-order valence-electron chi connectivity index (χ3n) is 6.18. The van der Waals surface area contributed by atoms with Crippen molar-refractivity contribution in [1.29, 1.82) is 0 Å². The number of aromatic nitrogens is 2. The lowest BCUT2D eigenvalue weighted by atomic mass is 9.86. The predicted octanol–water partition coefficient (Wildman–Crippen LogP) is 4.86. The molecule has 2 N–H and O–H groups in total. The summed E-state index contributed by atoms with van der Waals surface area (Å²) in [7, 11) is 1.61. The molecule has 0 bridgehead atoms. The minimum Gasteiger partial charge on any atom is -0.477 e. The van der Waals surface area contributed by atoms with Crippen LogP contribution >= 0.6 is 11.6 Å². The average Bonchev–Trinajstić information content (AvgIpc) is 2.83. The SMILES string of the molecule is COCCCCOc1nc2c(cc1Cc1cccc(Cl)c1F)c(=O)c(C(=O)O)cn2[C@H](CO)C(C)(C)C. The smallest absolute Gasteiger partial charge is 0.341 e. The number of ether oxygens (including phenoxy) is 2. The van der Waals surface area contributed by atoms with Crippen LogP contribution in [0.25, 0.3) is 11.0 Å². The quantitative estimate of drug-likeness (QED) is 0.338. The van der Waals surface area contributed by atoms with E-state index in [-0.39, 0.29) is 40.5 Å². The van der Waals surface area contributed by atoms with E-state index in [9.17, 15) is 24.2 Å². The Morgan fingerprint density at radius 2 is 1.92 bits per heavy atom. The lowest BCUT2D eigenvalue weighted by Crippen LogP contribution is -2.31. The molecule has 3 aromatic rings. The number of aliphatic hydroxyl groups is 1. The fourth-order valence-corrected chi connectivity index (χ4v) is 4.32. The molecule has 1 aromatic carbocycles. The van der Waals surface area contributed by atoms with Crippen LogP contribution in [0.5, 0.6) is 5.88 Å². The zero-order valence-electron chi connectivity index (χ0n) is 21.4. The van der Waals surface area contributed by atoms with Gasteiger partial charge in [-0.2, -0.15) is 4.98 Å². The molecule has 200 valence electrons. The summed E-state index contributed by atoms with van der Waals surface area (Å²) in [6.45, 7) is 6.22. The van der Waals surface area contributed by atoms with Crippen LogP contribution in [0.15, 0.2) is 35.3 Å². The first-order valence-electron chi connectivity index (χ1n) is 12.0. The van der Waals surface area contributed by atoms with Gasteiger partial charge in [-0.3, -0.25) is 4.79 Å². The van der Waals surface area contributed by atoms with E-state index < -0.39 is 34.2 Å². The highest BCUT2D eigenvalue weighted by Crippen LogP contribution is 2.34. The van der Waals surface area contributed by atoms with Gasteiger partial charge in [0.15, 0.2) is 0 Å². The molecule has 0 spiro atoms. The zero-order chi connectivity index (χ0) is 27.3. The number of hydrogen-bond acceptors (Lipinski definition) is 6. The van der Waals surface area contributed by atoms with Crippen molar-refractivity contribution in [2.75, 3.05) is 26.9 Å². The van der Waals surface area contributed by atoms with Gasteiger partial charge in [0, 0.05) is 31.9 Å². The van der Waals surface area contributed by atoms with Gasteiger partial charge in [-0.25, -0.2) is 9.18 Å². The molecule has 0 aliphatic rings. The maximum absolute atomic E-state index is 14.7. The number of aromatic carboxylic acids is 1. The van der Waals surface area contributed by atoms with Crippen LogP contribution < -0.4 is 10.2 Å². The zero-order valence-corrected chi connectivity index (χ0v) is 22.1. The third kappa shape index (κ3) is 6.47. The number of rotatable bonds is 11. The van der Waals surface area contributed by atoms with Crippen LogP contribution in [0.1, 0.15) is 61.1 Å². The van der Waals surface area contributed by atoms with Crippen molar-refractivity contribution in [3.05, 3.63) is 68.2 Å². The van der Waals surface area contributed by atoms with Crippen molar-refractivity contribution in [2.45, 2.75) is 46.1 Å². The summed E-state index contributed by atoms with van der Waals surface area (Å²) >= 11 is 5.97. The van der Waals surface area contributed by atoms with Gasteiger partial charge in [-0.05, 0) is 36.0 Å². The molecule has 8 nitrogen and oxygen atoms in total. The first kappa shape index (κ1) is 28.6. The molecule has 10 heteroatoms. The second-order valence-corrected chi connectivity index (χ2v) is 10.3. The summed E-state index contributed by atoms with van der Waals surface area (Å²) in [5.74, 6) is -1.81. The van der Waals surface area contributed by atoms with Gasteiger partial charge >= 0.3 is 5.97 Å². The van der Waals surface area contributed by atoms with E-state index in [0.717, 1.165) is 6.42 Å². The van der Waals surface area contributed by atoms with Crippen LogP contribution in [-0.4, -0.2) is 52.7 Å². The first-order chi connectivity index (χ1) is 17.5. The first-order valence-corrected chi connectivity index (χ1v) is 12.3. The van der Waals surface area contributed by atoms with Crippen LogP contribution in [0.4, 0.5) is 4.39 Å². The Labute approximate surface area is 219 Å². The van der Waals surface area contributed by atoms with Gasteiger partial charge in [0.1, 0.15) is 17.0 Å². The number of carbonyl (C=O) groups is 1. The number of hydrogen-bond donors (Lipinski definition) is 2. The van der Waals surface area contributed by atoms with Crippen LogP contribution in [0, 0.1) is 11.2 Å². The molecule has 1 atom stereocenters. The second kappa shape index (κ2) is 12.0. The second-order valence-electron chi connectivity index (χ2n) is 9.91. The summed E-state index contributed by atoms with van der Waals surface area (Å²) in [5, 5.41) is 19.9. The molecule has 0 amide bonds. The summed E-state index contributed by atoms with van der Waals surface area (Å²) in [5.41, 5.74) is -0.830. The van der Waals surface area contributed by atoms with E-state index in [1.807, 2.05) is 20.8 Å². The van der Waals surface area contributed by atoms with Crippen molar-refractivity contribution in [1.82, 2.24) is 9.55 Å². The molecule has 0 unspecified atom stereocenters. The molecule has 0 saturated heterocycles. The summed E-state index contributed by atoms with van der Waals surface area (Å²) < 4.78 is 27.3. The summed E-state index contributed by atoms with van der Waals surface area (Å²) in [6, 6.07) is 5.53. The van der Waals surface area contributed by atoms with Crippen molar-refractivity contribution < 1.29 is 28.9 Å². The molecule has 0 aliphatic heterocycles. The van der Waals surface area contributed by atoms with E-state index in [1.54, 1.807) is 19.2 Å². The van der Waals surface area contributed by atoms with E-state index in [0.29, 0.717) is 25.2 Å². The number of nitrogens with zero attached hydrogens (tertiary/aromatic N) is 2. The minimum atomic E-state index is -1.40. The Bertz CT molecular complexity index is 1340. The van der Waals surface area contributed by atoms with Gasteiger partial charge in [-0.1, -0.05) is 44.5 Å². The van der Waals surface area contributed by atoms with Crippen LogP contribution in [-0.2, 0) is 11.2 Å². The Balaban J connectivity index is 2.26. The highest BCUT2D eigenvalue weighted by atomic mass is 35.5. The number of aliphatic hydroxyl groups excluding tert-OH is 1. The average molecular weight is 535 g/mol. The maximum atomic E-state index is 14.7. The fraction of sp³-hybridized carbons (Fsp3) is 0.444. The van der Waals surface area contributed by atoms with Gasteiger partial charge in [0.25, 0.3) is 0 Å². The van der Waals surface area contributed by atoms with Crippen LogP contribution in [0.3, 0.4) is 0 Å². The normalized spacial score (nSPS) is 12.6. The lowest BCUT2D eigenvalue weighted by molar-refractivity contribution is 0.0692. The predicted molar refractivity (Wildman–Crippen MR) is 139 cm³/mol. The Morgan fingerprint density at radius 1 is 1.22 bits per heavy atom. The third-order valence-corrected chi connectivity index (χ3v) is 6.47. The van der Waals surface area contributed by atoms with Crippen LogP contribution in [0.2, 0.25) is 5.02 Å². The maximum Gasteiger partial charge on any atom is 0.341 e. The number of benzene rings is 1. The molecule has 2 aromatic heterocycles. The van der Waals surface area contributed by atoms with Gasteiger partial charge in [0.05, 0.1) is 29.7 Å². The van der Waals surface area contributed by atoms with E-state index in [1.165, 1.54) is 22.9 Å². The van der Waals surface area contributed by atoms with Gasteiger partial charge in [-0.15, -0.1) is 0 Å². The van der Waals surface area contributed by atoms with Crippen molar-refractivity contribution in [3.63, 3.8) is 0 Å². The highest BCUT2D eigenvalue weighted by molar-refractivity contribution is 6.30. The number of unbranched alkanes of at least 4 members (excludes halogenated alkanes) is 1. The molecule has 3 rings (SSSR count). The van der Waals surface area contributed by atoms with E-state index in [2.05, 4.69) is 4.98 Å². The summed E-state index contributed by atoms with van der Waals surface area (Å²) in [6.07, 6.45) is 2.66. The van der Waals surface area contributed by atoms with Crippen molar-refractivity contribution in [3.8, 4) is 5.88 Å². The van der Waals surface area contributed by atoms with Crippen molar-refractivity contribution in [2.24, 2.45) is 5.41 Å². The molecule has 37 heavy (non-hydrogen) atoms. The molecule has 0 fully saturated rings. The highest BCUT2D eigenvalue weighted by Gasteiger charge is 2.29. The van der Waals surface area contributed by atoms with Gasteiger partial charge < -0.3 is 24.3 Å². The largest absolute Gasteiger partial charge is 0.477 e. The van der Waals surface area contributed by atoms with Crippen molar-refractivity contribution >= 4 is 28.6 Å². The molecule has 2 heterocycles. The van der Waals surface area contributed by atoms with E-state index >= 15 is 0 Å². The fourth-order valence-electron chi connectivity index (χ4n) is 4.12. The molecular formula is C27H32ClFN2O6. The number of methoxy groups -OCH3 is 1. The molecule has 0 aliphatic carbocycles. The minimum absolute atomic E-state index is 0.0160. The molecule has 0 radical (unpaired) electrons. The standard InChI is InChI=1S/C27H32ClFN2O6/c1-27(2,3)21(15-32)31-14-19(26(34)35)23(33)18-13-17(12-16-8-7-9-20(28)22(16)29)25(30-24(18)31)37-11-6-5-10-36-4/h7-9,13-14,21,32H,5-6,10-12,15H2,1-4H3,(H,34,35)/t21-/m1/s1. The monoisotopic (exact) mass is 534 g/mol. The Kier molecular flexibility index (Phi) is 9.28. The van der Waals surface area contributed by atoms with Gasteiger partial charge in [0.2, 0.25) is 11.3 Å². The number of fused-ring (bicyclic) bond motifs is 1. The number of carboxylic acid groups (broad SMARTS) is 1. The Hall–Kier alpha value is -3.01. The number of carboxylic acids is 1. The molecular weight excluding hydrogens is 503 g/mol. The van der Waals surface area contributed by atoms with E-state index in [4.69, 9.17) is 21.1 Å². The lowest BCUT2D eigenvalue weighted by Gasteiger charge is -2.32. The topological polar surface area (TPSA) is 111 Å².